The third kappa shape index (κ3) is 1.77. The number of halogens is 2. The van der Waals surface area contributed by atoms with Crippen molar-refractivity contribution in [2.75, 3.05) is 0 Å². The Bertz CT molecular complexity index is 372. The van der Waals surface area contributed by atoms with Crippen LogP contribution in [-0.4, -0.2) is 12.1 Å². The van der Waals surface area contributed by atoms with Crippen molar-refractivity contribution >= 4 is 12.1 Å². The quantitative estimate of drug-likeness (QED) is 0.520. The molecule has 13 heavy (non-hydrogen) atoms. The monoisotopic (exact) mass is 184 g/mol. The highest BCUT2D eigenvalue weighted by Crippen LogP contribution is 2.14. The van der Waals surface area contributed by atoms with Gasteiger partial charge in [0, 0.05) is 11.6 Å². The third-order valence-corrected chi connectivity index (χ3v) is 1.56. The summed E-state index contributed by atoms with van der Waals surface area (Å²) in [6.07, 6.45) is 0.253. The van der Waals surface area contributed by atoms with Gasteiger partial charge >= 0.3 is 0 Å². The van der Waals surface area contributed by atoms with Crippen molar-refractivity contribution in [3.63, 3.8) is 0 Å². The lowest BCUT2D eigenvalue weighted by atomic mass is 10.0. The summed E-state index contributed by atoms with van der Waals surface area (Å²) in [5.41, 5.74) is -0.624. The molecule has 4 heteroatoms. The SMILES string of the molecule is CC(=O)c1c(F)cc(F)cc1C=O. The first-order valence-corrected chi connectivity index (χ1v) is 3.51. The molecule has 0 saturated heterocycles. The van der Waals surface area contributed by atoms with Gasteiger partial charge in [-0.2, -0.15) is 0 Å². The minimum absolute atomic E-state index is 0.253. The number of hydrogen-bond donors (Lipinski definition) is 0. The van der Waals surface area contributed by atoms with Gasteiger partial charge in [0.15, 0.2) is 12.1 Å². The van der Waals surface area contributed by atoms with E-state index in [9.17, 15) is 18.4 Å². The molecule has 0 fully saturated rings. The van der Waals surface area contributed by atoms with Crippen LogP contribution in [0.25, 0.3) is 0 Å². The molecule has 0 spiro atoms. The number of Topliss-reactive ketones (excluding diaryl/α,β-unsaturated/α-hetero) is 1. The number of carbonyl (C=O) groups excluding carboxylic acids is 2. The molecule has 1 aromatic carbocycles. The number of ketones is 1. The normalized spacial score (nSPS) is 9.77. The third-order valence-electron chi connectivity index (χ3n) is 1.56. The van der Waals surface area contributed by atoms with Gasteiger partial charge in [-0.3, -0.25) is 9.59 Å². The highest BCUT2D eigenvalue weighted by molar-refractivity contribution is 6.01. The molecule has 0 aliphatic heterocycles. The van der Waals surface area contributed by atoms with Crippen LogP contribution < -0.4 is 0 Å². The van der Waals surface area contributed by atoms with Crippen LogP contribution in [0.3, 0.4) is 0 Å². The maximum Gasteiger partial charge on any atom is 0.163 e. The average Bonchev–Trinajstić information content (AvgIpc) is 2.01. The van der Waals surface area contributed by atoms with E-state index < -0.39 is 17.4 Å². The zero-order valence-corrected chi connectivity index (χ0v) is 6.80. The van der Waals surface area contributed by atoms with E-state index in [2.05, 4.69) is 0 Å². The molecule has 0 aliphatic rings. The maximum atomic E-state index is 12.9. The molecule has 0 N–H and O–H groups in total. The first-order valence-electron chi connectivity index (χ1n) is 3.51. The molecule has 1 aromatic rings. The summed E-state index contributed by atoms with van der Waals surface area (Å²) >= 11 is 0. The topological polar surface area (TPSA) is 34.1 Å². The highest BCUT2D eigenvalue weighted by Gasteiger charge is 2.14. The summed E-state index contributed by atoms with van der Waals surface area (Å²) in [5.74, 6) is -2.47. The summed E-state index contributed by atoms with van der Waals surface area (Å²) < 4.78 is 25.5. The van der Waals surface area contributed by atoms with Gasteiger partial charge in [0.25, 0.3) is 0 Å². The standard InChI is InChI=1S/C9H6F2O2/c1-5(13)9-6(4-12)2-7(10)3-8(9)11/h2-4H,1H3. The molecule has 0 amide bonds. The van der Waals surface area contributed by atoms with Crippen molar-refractivity contribution < 1.29 is 18.4 Å². The second kappa shape index (κ2) is 3.43. The minimum atomic E-state index is -1.01. The van der Waals surface area contributed by atoms with Crippen molar-refractivity contribution in [2.45, 2.75) is 6.92 Å². The van der Waals surface area contributed by atoms with Crippen LogP contribution >= 0.6 is 0 Å². The molecule has 2 nitrogen and oxygen atoms in total. The first-order chi connectivity index (χ1) is 6.06. The number of aldehydes is 1. The Labute approximate surface area is 73.2 Å². The fourth-order valence-electron chi connectivity index (χ4n) is 1.06. The van der Waals surface area contributed by atoms with Crippen LogP contribution in [0.15, 0.2) is 12.1 Å². The summed E-state index contributed by atoms with van der Waals surface area (Å²) in [6, 6.07) is 1.40. The van der Waals surface area contributed by atoms with E-state index in [0.29, 0.717) is 6.07 Å². The predicted octanol–water partition coefficient (Wildman–Crippen LogP) is 1.98. The van der Waals surface area contributed by atoms with Crippen LogP contribution in [0.2, 0.25) is 0 Å². The summed E-state index contributed by atoms with van der Waals surface area (Å²) in [7, 11) is 0. The Kier molecular flexibility index (Phi) is 2.51. The Balaban J connectivity index is 3.47. The van der Waals surface area contributed by atoms with Crippen molar-refractivity contribution in [2.24, 2.45) is 0 Å². The zero-order chi connectivity index (χ0) is 10.0. The minimum Gasteiger partial charge on any atom is -0.298 e. The molecule has 0 heterocycles. The van der Waals surface area contributed by atoms with Crippen LogP contribution in [0, 0.1) is 11.6 Å². The molecule has 1 rings (SSSR count). The van der Waals surface area contributed by atoms with E-state index in [1.165, 1.54) is 0 Å². The maximum absolute atomic E-state index is 12.9. The molecule has 0 aromatic heterocycles. The smallest absolute Gasteiger partial charge is 0.163 e. The molecule has 0 radical (unpaired) electrons. The van der Waals surface area contributed by atoms with Crippen molar-refractivity contribution in [3.05, 3.63) is 34.9 Å². The number of hydrogen-bond acceptors (Lipinski definition) is 2. The lowest BCUT2D eigenvalue weighted by molar-refractivity contribution is 0.100. The Hall–Kier alpha value is -1.58. The molecule has 68 valence electrons. The molecular weight excluding hydrogens is 178 g/mol. The molecule has 0 aliphatic carbocycles. The Morgan fingerprint density at radius 2 is 2.00 bits per heavy atom. The Morgan fingerprint density at radius 1 is 1.38 bits per heavy atom. The molecule has 0 saturated carbocycles. The number of rotatable bonds is 2. The van der Waals surface area contributed by atoms with E-state index in [1.54, 1.807) is 0 Å². The van der Waals surface area contributed by atoms with Gasteiger partial charge in [-0.15, -0.1) is 0 Å². The summed E-state index contributed by atoms with van der Waals surface area (Å²) in [6.45, 7) is 1.11. The second-order valence-corrected chi connectivity index (χ2v) is 2.53. The summed E-state index contributed by atoms with van der Waals surface area (Å²) in [4.78, 5) is 21.2. The van der Waals surface area contributed by atoms with Crippen LogP contribution in [0.1, 0.15) is 27.6 Å². The summed E-state index contributed by atoms with van der Waals surface area (Å²) in [5, 5.41) is 0. The van der Waals surface area contributed by atoms with Gasteiger partial charge in [0.1, 0.15) is 11.6 Å². The van der Waals surface area contributed by atoms with Gasteiger partial charge in [-0.05, 0) is 13.0 Å². The zero-order valence-electron chi connectivity index (χ0n) is 6.80. The first kappa shape index (κ1) is 9.51. The van der Waals surface area contributed by atoms with E-state index >= 15 is 0 Å². The number of benzene rings is 1. The molecule has 0 atom stereocenters. The van der Waals surface area contributed by atoms with Crippen LogP contribution in [-0.2, 0) is 0 Å². The van der Waals surface area contributed by atoms with Gasteiger partial charge in [0.05, 0.1) is 5.56 Å². The molecule has 0 unspecified atom stereocenters. The molecule has 0 bridgehead atoms. The van der Waals surface area contributed by atoms with Crippen molar-refractivity contribution in [3.8, 4) is 0 Å². The van der Waals surface area contributed by atoms with Gasteiger partial charge < -0.3 is 0 Å². The fourth-order valence-corrected chi connectivity index (χ4v) is 1.06. The largest absolute Gasteiger partial charge is 0.298 e. The molecular formula is C9H6F2O2. The van der Waals surface area contributed by atoms with Gasteiger partial charge in [0.2, 0.25) is 0 Å². The van der Waals surface area contributed by atoms with E-state index in [-0.39, 0.29) is 17.4 Å². The van der Waals surface area contributed by atoms with Crippen LogP contribution in [0.5, 0.6) is 0 Å². The fraction of sp³-hybridized carbons (Fsp3) is 0.111. The Morgan fingerprint density at radius 3 is 2.46 bits per heavy atom. The lowest BCUT2D eigenvalue weighted by Crippen LogP contribution is -2.03. The van der Waals surface area contributed by atoms with Gasteiger partial charge in [-0.1, -0.05) is 0 Å². The van der Waals surface area contributed by atoms with E-state index in [4.69, 9.17) is 0 Å². The van der Waals surface area contributed by atoms with Gasteiger partial charge in [-0.25, -0.2) is 8.78 Å². The van der Waals surface area contributed by atoms with Crippen LogP contribution in [0.4, 0.5) is 8.78 Å². The average molecular weight is 184 g/mol. The van der Waals surface area contributed by atoms with Crippen molar-refractivity contribution in [1.82, 2.24) is 0 Å². The predicted molar refractivity (Wildman–Crippen MR) is 41.8 cm³/mol. The van der Waals surface area contributed by atoms with E-state index in [0.717, 1.165) is 13.0 Å². The lowest BCUT2D eigenvalue weighted by Gasteiger charge is -2.01. The number of carbonyl (C=O) groups is 2. The second-order valence-electron chi connectivity index (χ2n) is 2.53. The van der Waals surface area contributed by atoms with Crippen molar-refractivity contribution in [1.29, 1.82) is 0 Å². The van der Waals surface area contributed by atoms with E-state index in [1.807, 2.05) is 0 Å². The highest BCUT2D eigenvalue weighted by atomic mass is 19.1.